The topological polar surface area (TPSA) is 139 Å². The Labute approximate surface area is 160 Å². The molecule has 2 amide bonds. The zero-order valence-corrected chi connectivity index (χ0v) is 15.3. The number of amides is 2. The maximum absolute atomic E-state index is 12.1. The van der Waals surface area contributed by atoms with Crippen LogP contribution in [0.5, 0.6) is 0 Å². The second-order valence-corrected chi connectivity index (χ2v) is 7.99. The van der Waals surface area contributed by atoms with Crippen LogP contribution in [0.2, 0.25) is 0 Å². The molecular weight excluding hydrogens is 388 g/mol. The van der Waals surface area contributed by atoms with Crippen molar-refractivity contribution in [3.05, 3.63) is 58.6 Å². The number of nitro benzene ring substituents is 1. The number of benzene rings is 2. The second-order valence-electron chi connectivity index (χ2n) is 5.97. The summed E-state index contributed by atoms with van der Waals surface area (Å²) in [5.41, 5.74) is 0.158. The van der Waals surface area contributed by atoms with E-state index in [4.69, 9.17) is 0 Å². The number of para-hydroxylation sites is 2. The van der Waals surface area contributed by atoms with Gasteiger partial charge in [-0.3, -0.25) is 24.0 Å². The molecule has 2 aromatic carbocycles. The fourth-order valence-corrected chi connectivity index (χ4v) is 4.33. The van der Waals surface area contributed by atoms with Crippen LogP contribution < -0.4 is 14.9 Å². The molecule has 0 bridgehead atoms. The van der Waals surface area contributed by atoms with Crippen molar-refractivity contribution < 1.29 is 22.9 Å². The summed E-state index contributed by atoms with van der Waals surface area (Å²) in [6, 6.07) is 11.5. The molecule has 0 spiro atoms. The predicted molar refractivity (Wildman–Crippen MR) is 103 cm³/mol. The minimum absolute atomic E-state index is 0.0574. The first kappa shape index (κ1) is 19.3. The molecular formula is C17H16N4O6S. The molecule has 2 N–H and O–H groups in total. The molecule has 1 heterocycles. The van der Waals surface area contributed by atoms with Gasteiger partial charge in [-0.15, -0.1) is 0 Å². The summed E-state index contributed by atoms with van der Waals surface area (Å²) in [6.45, 7) is 0.345. The average Bonchev–Trinajstić information content (AvgIpc) is 3.01. The minimum Gasteiger partial charge on any atom is -0.318 e. The van der Waals surface area contributed by atoms with Crippen molar-refractivity contribution >= 4 is 44.6 Å². The Bertz CT molecular complexity index is 1050. The smallest absolute Gasteiger partial charge is 0.314 e. The number of anilines is 3. The lowest BCUT2D eigenvalue weighted by molar-refractivity contribution is -0.383. The monoisotopic (exact) mass is 404 g/mol. The van der Waals surface area contributed by atoms with Crippen LogP contribution in [-0.4, -0.2) is 37.5 Å². The van der Waals surface area contributed by atoms with Crippen molar-refractivity contribution in [3.8, 4) is 0 Å². The van der Waals surface area contributed by atoms with Gasteiger partial charge in [-0.25, -0.2) is 8.42 Å². The first-order valence-electron chi connectivity index (χ1n) is 8.24. The molecule has 1 aliphatic heterocycles. The van der Waals surface area contributed by atoms with Crippen LogP contribution in [0.4, 0.5) is 22.7 Å². The number of hydrogen-bond acceptors (Lipinski definition) is 6. The molecule has 1 aliphatic rings. The predicted octanol–water partition coefficient (Wildman–Crippen LogP) is 1.71. The van der Waals surface area contributed by atoms with E-state index in [1.807, 2.05) is 0 Å². The van der Waals surface area contributed by atoms with Gasteiger partial charge in [0.25, 0.3) is 5.69 Å². The van der Waals surface area contributed by atoms with Gasteiger partial charge in [0.2, 0.25) is 10.0 Å². The quantitative estimate of drug-likeness (QED) is 0.452. The highest BCUT2D eigenvalue weighted by Crippen LogP contribution is 2.27. The van der Waals surface area contributed by atoms with Crippen LogP contribution in [0, 0.1) is 10.1 Å². The third-order valence-corrected chi connectivity index (χ3v) is 5.92. The molecule has 0 saturated carbocycles. The highest BCUT2D eigenvalue weighted by Gasteiger charge is 2.28. The van der Waals surface area contributed by atoms with Gasteiger partial charge >= 0.3 is 11.8 Å². The molecule has 0 atom stereocenters. The third kappa shape index (κ3) is 4.09. The Morgan fingerprint density at radius 2 is 1.75 bits per heavy atom. The summed E-state index contributed by atoms with van der Waals surface area (Å²) in [4.78, 5) is 34.5. The summed E-state index contributed by atoms with van der Waals surface area (Å²) in [7, 11) is -3.38. The SMILES string of the molecule is O=C(Nc1cccc(N2CCCS2(=O)=O)c1)C(=O)Nc1ccccc1[N+](=O)[O-]. The second kappa shape index (κ2) is 7.64. The van der Waals surface area contributed by atoms with Gasteiger partial charge in [0, 0.05) is 18.3 Å². The summed E-state index contributed by atoms with van der Waals surface area (Å²) in [5, 5.41) is 15.5. The summed E-state index contributed by atoms with van der Waals surface area (Å²) in [6.07, 6.45) is 0.511. The maximum Gasteiger partial charge on any atom is 0.314 e. The molecule has 2 aromatic rings. The number of carbonyl (C=O) groups is 2. The van der Waals surface area contributed by atoms with Crippen molar-refractivity contribution in [1.29, 1.82) is 0 Å². The molecule has 146 valence electrons. The van der Waals surface area contributed by atoms with Crippen molar-refractivity contribution in [2.24, 2.45) is 0 Å². The van der Waals surface area contributed by atoms with Gasteiger partial charge in [0.1, 0.15) is 5.69 Å². The Morgan fingerprint density at radius 3 is 2.43 bits per heavy atom. The summed E-state index contributed by atoms with van der Waals surface area (Å²) in [5.74, 6) is -2.07. The zero-order chi connectivity index (χ0) is 20.3. The van der Waals surface area contributed by atoms with Gasteiger partial charge in [0.15, 0.2) is 0 Å². The number of nitrogens with one attached hydrogen (secondary N) is 2. The molecule has 11 heteroatoms. The van der Waals surface area contributed by atoms with Crippen LogP contribution in [0.3, 0.4) is 0 Å². The van der Waals surface area contributed by atoms with Crippen LogP contribution in [0.15, 0.2) is 48.5 Å². The van der Waals surface area contributed by atoms with Crippen molar-refractivity contribution in [1.82, 2.24) is 0 Å². The van der Waals surface area contributed by atoms with Gasteiger partial charge in [-0.2, -0.15) is 0 Å². The molecule has 3 rings (SSSR count). The Morgan fingerprint density at radius 1 is 1.04 bits per heavy atom. The van der Waals surface area contributed by atoms with E-state index in [1.165, 1.54) is 40.7 Å². The van der Waals surface area contributed by atoms with E-state index < -0.39 is 26.8 Å². The minimum atomic E-state index is -3.38. The van der Waals surface area contributed by atoms with Crippen LogP contribution >= 0.6 is 0 Å². The fraction of sp³-hybridized carbons (Fsp3) is 0.176. The van der Waals surface area contributed by atoms with E-state index in [-0.39, 0.29) is 22.8 Å². The molecule has 1 saturated heterocycles. The van der Waals surface area contributed by atoms with E-state index in [2.05, 4.69) is 10.6 Å². The first-order chi connectivity index (χ1) is 13.3. The van der Waals surface area contributed by atoms with Crippen LogP contribution in [0.1, 0.15) is 6.42 Å². The van der Waals surface area contributed by atoms with Crippen LogP contribution in [-0.2, 0) is 19.6 Å². The number of nitrogens with zero attached hydrogens (tertiary/aromatic N) is 2. The Hall–Kier alpha value is -3.47. The highest BCUT2D eigenvalue weighted by atomic mass is 32.2. The lowest BCUT2D eigenvalue weighted by Crippen LogP contribution is -2.29. The zero-order valence-electron chi connectivity index (χ0n) is 14.5. The summed E-state index contributed by atoms with van der Waals surface area (Å²) < 4.78 is 25.3. The number of carbonyl (C=O) groups excluding carboxylic acids is 2. The molecule has 10 nitrogen and oxygen atoms in total. The van der Waals surface area contributed by atoms with E-state index in [1.54, 1.807) is 12.1 Å². The maximum atomic E-state index is 12.1. The van der Waals surface area contributed by atoms with Gasteiger partial charge < -0.3 is 10.6 Å². The fourth-order valence-electron chi connectivity index (χ4n) is 2.77. The molecule has 0 aromatic heterocycles. The number of sulfonamides is 1. The largest absolute Gasteiger partial charge is 0.318 e. The molecule has 1 fully saturated rings. The van der Waals surface area contributed by atoms with Gasteiger partial charge in [0.05, 0.1) is 16.4 Å². The summed E-state index contributed by atoms with van der Waals surface area (Å²) >= 11 is 0. The van der Waals surface area contributed by atoms with E-state index >= 15 is 0 Å². The lowest BCUT2D eigenvalue weighted by atomic mass is 10.2. The first-order valence-corrected chi connectivity index (χ1v) is 9.85. The van der Waals surface area contributed by atoms with E-state index in [0.717, 1.165) is 0 Å². The number of hydrogen-bond donors (Lipinski definition) is 2. The Kier molecular flexibility index (Phi) is 5.27. The number of rotatable bonds is 4. The normalized spacial score (nSPS) is 15.1. The Balaban J connectivity index is 1.72. The third-order valence-electron chi connectivity index (χ3n) is 4.05. The van der Waals surface area contributed by atoms with Gasteiger partial charge in [-0.05, 0) is 30.7 Å². The lowest BCUT2D eigenvalue weighted by Gasteiger charge is -2.17. The number of nitro groups is 1. The van der Waals surface area contributed by atoms with E-state index in [9.17, 15) is 28.1 Å². The molecule has 0 radical (unpaired) electrons. The van der Waals surface area contributed by atoms with E-state index in [0.29, 0.717) is 18.7 Å². The van der Waals surface area contributed by atoms with Crippen molar-refractivity contribution in [2.45, 2.75) is 6.42 Å². The standard InChI is InChI=1S/C17H16N4O6S/c22-16(17(23)19-14-7-1-2-8-15(14)21(24)25)18-12-5-3-6-13(11-12)20-9-4-10-28(20,26)27/h1-3,5-8,11H,4,9-10H2,(H,18,22)(H,19,23). The van der Waals surface area contributed by atoms with Crippen molar-refractivity contribution in [2.75, 3.05) is 27.2 Å². The van der Waals surface area contributed by atoms with Crippen molar-refractivity contribution in [3.63, 3.8) is 0 Å². The average molecular weight is 404 g/mol. The highest BCUT2D eigenvalue weighted by molar-refractivity contribution is 7.93. The molecule has 28 heavy (non-hydrogen) atoms. The van der Waals surface area contributed by atoms with Gasteiger partial charge in [-0.1, -0.05) is 18.2 Å². The molecule has 0 aliphatic carbocycles. The van der Waals surface area contributed by atoms with Crippen LogP contribution in [0.25, 0.3) is 0 Å². The molecule has 0 unspecified atom stereocenters.